The molecule has 140 valence electrons. The number of halogens is 2. The zero-order chi connectivity index (χ0) is 19.2. The van der Waals surface area contributed by atoms with Crippen LogP contribution in [0.4, 0.5) is 10.1 Å². The van der Waals surface area contributed by atoms with Gasteiger partial charge in [0.05, 0.1) is 17.4 Å². The van der Waals surface area contributed by atoms with Crippen LogP contribution in [-0.2, 0) is 10.0 Å². The highest BCUT2D eigenvalue weighted by molar-refractivity contribution is 7.92. The molecule has 0 aliphatic carbocycles. The Morgan fingerprint density at radius 1 is 1.31 bits per heavy atom. The Hall–Kier alpha value is -2.39. The maximum Gasteiger partial charge on any atom is 0.265 e. The first-order valence-electron chi connectivity index (χ1n) is 7.61. The molecular weight excluding hydrogens is 385 g/mol. The number of ether oxygens (including phenoxy) is 1. The number of pyridine rings is 1. The van der Waals surface area contributed by atoms with Crippen LogP contribution in [-0.4, -0.2) is 32.7 Å². The second-order valence-electron chi connectivity index (χ2n) is 5.17. The Kier molecular flexibility index (Phi) is 6.76. The summed E-state index contributed by atoms with van der Waals surface area (Å²) >= 11 is 5.83. The van der Waals surface area contributed by atoms with Gasteiger partial charge in [-0.1, -0.05) is 18.5 Å². The molecule has 0 aliphatic heterocycles. The molecule has 1 heterocycles. The van der Waals surface area contributed by atoms with Crippen LogP contribution in [0.1, 0.15) is 23.7 Å². The van der Waals surface area contributed by atoms with Gasteiger partial charge < -0.3 is 10.1 Å². The van der Waals surface area contributed by atoms with E-state index in [4.69, 9.17) is 16.3 Å². The molecule has 10 heteroatoms. The molecule has 2 rings (SSSR count). The van der Waals surface area contributed by atoms with Crippen LogP contribution in [0.3, 0.4) is 0 Å². The van der Waals surface area contributed by atoms with Crippen molar-refractivity contribution in [1.82, 2.24) is 10.3 Å². The van der Waals surface area contributed by atoms with Gasteiger partial charge in [-0.25, -0.2) is 12.8 Å². The summed E-state index contributed by atoms with van der Waals surface area (Å²) in [5.74, 6) is -0.557. The van der Waals surface area contributed by atoms with Crippen LogP contribution >= 0.6 is 11.6 Å². The van der Waals surface area contributed by atoms with Crippen LogP contribution in [0.2, 0.25) is 5.02 Å². The summed E-state index contributed by atoms with van der Waals surface area (Å²) in [4.78, 5) is 15.5. The largest absolute Gasteiger partial charge is 0.461 e. The molecule has 0 unspecified atom stereocenters. The van der Waals surface area contributed by atoms with Crippen LogP contribution in [0.25, 0.3) is 0 Å². The Morgan fingerprint density at radius 3 is 2.77 bits per heavy atom. The number of benzene rings is 1. The molecule has 2 N–H and O–H groups in total. The third kappa shape index (κ3) is 5.06. The van der Waals surface area contributed by atoms with Gasteiger partial charge in [-0.15, -0.1) is 0 Å². The molecule has 0 fully saturated rings. The van der Waals surface area contributed by atoms with Crippen molar-refractivity contribution in [2.24, 2.45) is 0 Å². The molecule has 2 aromatic rings. The van der Waals surface area contributed by atoms with Crippen LogP contribution in [0.15, 0.2) is 41.6 Å². The maximum absolute atomic E-state index is 12.6. The van der Waals surface area contributed by atoms with Gasteiger partial charge in [0.25, 0.3) is 15.9 Å². The molecule has 0 atom stereocenters. The van der Waals surface area contributed by atoms with E-state index >= 15 is 0 Å². The van der Waals surface area contributed by atoms with Crippen molar-refractivity contribution < 1.29 is 22.3 Å². The zero-order valence-electron chi connectivity index (χ0n) is 13.8. The summed E-state index contributed by atoms with van der Waals surface area (Å²) in [6.45, 7) is 1.20. The third-order valence-electron chi connectivity index (χ3n) is 3.19. The zero-order valence-corrected chi connectivity index (χ0v) is 15.4. The SMILES string of the molecule is CCCNC(=O)c1cncc(NS(=O)(=O)c2cc(Cl)ccc2OCF)c1. The van der Waals surface area contributed by atoms with Crippen molar-refractivity contribution in [3.63, 3.8) is 0 Å². The van der Waals surface area contributed by atoms with Crippen molar-refractivity contribution >= 4 is 33.2 Å². The quantitative estimate of drug-likeness (QED) is 0.708. The Bertz CT molecular complexity index is 893. The van der Waals surface area contributed by atoms with Gasteiger partial charge in [-0.05, 0) is 30.7 Å². The summed E-state index contributed by atoms with van der Waals surface area (Å²) in [5.41, 5.74) is 0.269. The summed E-state index contributed by atoms with van der Waals surface area (Å²) in [6.07, 6.45) is 3.33. The topological polar surface area (TPSA) is 97.4 Å². The van der Waals surface area contributed by atoms with Crippen molar-refractivity contribution in [2.75, 3.05) is 18.1 Å². The second-order valence-corrected chi connectivity index (χ2v) is 7.26. The van der Waals surface area contributed by atoms with E-state index in [9.17, 15) is 17.6 Å². The lowest BCUT2D eigenvalue weighted by molar-refractivity contribution is 0.0953. The van der Waals surface area contributed by atoms with E-state index in [0.29, 0.717) is 6.54 Å². The number of nitrogens with one attached hydrogen (secondary N) is 2. The lowest BCUT2D eigenvalue weighted by Crippen LogP contribution is -2.24. The van der Waals surface area contributed by atoms with E-state index in [0.717, 1.165) is 12.5 Å². The number of hydrogen-bond donors (Lipinski definition) is 2. The average Bonchev–Trinajstić information content (AvgIpc) is 2.61. The number of carbonyl (C=O) groups excluding carboxylic acids is 1. The lowest BCUT2D eigenvalue weighted by atomic mass is 10.2. The van der Waals surface area contributed by atoms with Crippen LogP contribution < -0.4 is 14.8 Å². The van der Waals surface area contributed by atoms with Gasteiger partial charge in [0, 0.05) is 17.8 Å². The summed E-state index contributed by atoms with van der Waals surface area (Å²) in [6, 6.07) is 5.12. The number of alkyl halides is 1. The second kappa shape index (κ2) is 8.81. The number of nitrogens with zero attached hydrogens (tertiary/aromatic N) is 1. The smallest absolute Gasteiger partial charge is 0.265 e. The fraction of sp³-hybridized carbons (Fsp3) is 0.250. The highest BCUT2D eigenvalue weighted by Gasteiger charge is 2.21. The minimum Gasteiger partial charge on any atom is -0.461 e. The number of aromatic nitrogens is 1. The number of sulfonamides is 1. The van der Waals surface area contributed by atoms with Crippen LogP contribution in [0, 0.1) is 0 Å². The van der Waals surface area contributed by atoms with Gasteiger partial charge in [0.15, 0.2) is 0 Å². The molecule has 0 bridgehead atoms. The molecule has 0 spiro atoms. The molecule has 0 radical (unpaired) electrons. The fourth-order valence-corrected chi connectivity index (χ4v) is 3.48. The van der Waals surface area contributed by atoms with Crippen molar-refractivity contribution in [3.8, 4) is 5.75 Å². The molecule has 7 nitrogen and oxygen atoms in total. The van der Waals surface area contributed by atoms with E-state index in [-0.39, 0.29) is 32.8 Å². The molecule has 1 aromatic carbocycles. The van der Waals surface area contributed by atoms with E-state index < -0.39 is 16.9 Å². The maximum atomic E-state index is 12.6. The number of hydrogen-bond acceptors (Lipinski definition) is 5. The Labute approximate surface area is 155 Å². The van der Waals surface area contributed by atoms with Crippen molar-refractivity contribution in [2.45, 2.75) is 18.2 Å². The summed E-state index contributed by atoms with van der Waals surface area (Å²) in [7, 11) is -4.15. The van der Waals surface area contributed by atoms with Gasteiger partial charge in [-0.2, -0.15) is 0 Å². The highest BCUT2D eigenvalue weighted by atomic mass is 35.5. The number of rotatable bonds is 8. The molecule has 0 saturated carbocycles. The molecule has 1 aromatic heterocycles. The first-order valence-corrected chi connectivity index (χ1v) is 9.48. The highest BCUT2D eigenvalue weighted by Crippen LogP contribution is 2.29. The third-order valence-corrected chi connectivity index (χ3v) is 4.83. The Morgan fingerprint density at radius 2 is 2.08 bits per heavy atom. The standard InChI is InChI=1S/C16H17ClFN3O4S/c1-2-5-20-16(22)11-6-13(9-19-8-11)21-26(23,24)15-7-12(17)3-4-14(15)25-10-18/h3-4,6-9,21H,2,5,10H2,1H3,(H,20,22). The number of carbonyl (C=O) groups is 1. The first-order chi connectivity index (χ1) is 12.4. The molecule has 0 aliphatic rings. The predicted octanol–water partition coefficient (Wildman–Crippen LogP) is 2.98. The van der Waals surface area contributed by atoms with E-state index in [1.807, 2.05) is 6.92 Å². The molecule has 0 saturated heterocycles. The van der Waals surface area contributed by atoms with E-state index in [2.05, 4.69) is 15.0 Å². The summed E-state index contributed by atoms with van der Waals surface area (Å²) in [5, 5.41) is 2.81. The minimum atomic E-state index is -4.15. The number of amides is 1. The van der Waals surface area contributed by atoms with Crippen LogP contribution in [0.5, 0.6) is 5.75 Å². The molecule has 1 amide bonds. The van der Waals surface area contributed by atoms with E-state index in [1.54, 1.807) is 0 Å². The van der Waals surface area contributed by atoms with E-state index in [1.165, 1.54) is 30.6 Å². The lowest BCUT2D eigenvalue weighted by Gasteiger charge is -2.12. The Balaban J connectivity index is 2.30. The number of anilines is 1. The van der Waals surface area contributed by atoms with Gasteiger partial charge in [0.1, 0.15) is 10.6 Å². The minimum absolute atomic E-state index is 0.0697. The van der Waals surface area contributed by atoms with Gasteiger partial charge in [-0.3, -0.25) is 14.5 Å². The van der Waals surface area contributed by atoms with Crippen molar-refractivity contribution in [1.29, 1.82) is 0 Å². The van der Waals surface area contributed by atoms with Crippen molar-refractivity contribution in [3.05, 3.63) is 47.2 Å². The molecule has 26 heavy (non-hydrogen) atoms. The molecular formula is C16H17ClFN3O4S. The normalized spacial score (nSPS) is 11.0. The summed E-state index contributed by atoms with van der Waals surface area (Å²) < 4.78 is 44.7. The first kappa shape index (κ1) is 19.9. The average molecular weight is 402 g/mol. The fourth-order valence-electron chi connectivity index (χ4n) is 2.04. The van der Waals surface area contributed by atoms with Gasteiger partial charge in [0.2, 0.25) is 6.86 Å². The van der Waals surface area contributed by atoms with Gasteiger partial charge >= 0.3 is 0 Å². The monoisotopic (exact) mass is 401 g/mol. The predicted molar refractivity (Wildman–Crippen MR) is 95.7 cm³/mol.